The van der Waals surface area contributed by atoms with Crippen LogP contribution in [-0.4, -0.2) is 91.1 Å². The van der Waals surface area contributed by atoms with Crippen molar-refractivity contribution in [2.75, 3.05) is 18.6 Å². The molecule has 15 heteroatoms. The number of oxime groups is 1. The first-order chi connectivity index (χ1) is 12.0. The smallest absolute Gasteiger partial charge is 0.394 e. The molecule has 11 nitrogen and oxygen atoms in total. The second-order valence-electron chi connectivity index (χ2n) is 5.54. The van der Waals surface area contributed by atoms with Gasteiger partial charge < -0.3 is 25.2 Å². The molecular weight excluding hydrogens is 453 g/mol. The number of hydrogen-bond acceptors (Lipinski definition) is 11. The number of thioether (sulfide) groups is 1. The van der Waals surface area contributed by atoms with Gasteiger partial charge in [-0.15, -0.1) is 0 Å². The molecule has 1 aliphatic rings. The van der Waals surface area contributed by atoms with Crippen molar-refractivity contribution < 1.29 is 98.0 Å². The van der Waals surface area contributed by atoms with E-state index < -0.39 is 57.7 Å². The fourth-order valence-electron chi connectivity index (χ4n) is 2.10. The first-order valence-electron chi connectivity index (χ1n) is 7.55. The Hall–Kier alpha value is 1.32. The monoisotopic (exact) mass is 476 g/mol. The molecule has 154 valence electrons. The number of unbranched alkanes of at least 4 members (excludes halogenated alkanes) is 1. The molecule has 1 aliphatic heterocycles. The number of ether oxygens (including phenoxy) is 1. The van der Waals surface area contributed by atoms with E-state index in [4.69, 9.17) is 14.4 Å². The van der Waals surface area contributed by atoms with Crippen LogP contribution < -0.4 is 51.4 Å². The minimum atomic E-state index is -4.83. The van der Waals surface area contributed by atoms with Crippen molar-refractivity contribution in [2.45, 2.75) is 49.1 Å². The second kappa shape index (κ2) is 13.6. The van der Waals surface area contributed by atoms with E-state index in [2.05, 4.69) is 9.44 Å². The molecule has 6 atom stereocenters. The Balaban J connectivity index is 0.00000676. The van der Waals surface area contributed by atoms with Crippen LogP contribution in [0.3, 0.4) is 0 Å². The van der Waals surface area contributed by atoms with Crippen LogP contribution in [0.1, 0.15) is 19.3 Å². The van der Waals surface area contributed by atoms with E-state index in [1.165, 1.54) is 0 Å². The molecule has 0 aromatic rings. The van der Waals surface area contributed by atoms with E-state index in [1.807, 2.05) is 0 Å². The molecule has 27 heavy (non-hydrogen) atoms. The third-order valence-corrected chi connectivity index (χ3v) is 5.71. The molecule has 0 aromatic heterocycles. The molecule has 0 amide bonds. The molecule has 0 radical (unpaired) electrons. The average Bonchev–Trinajstić information content (AvgIpc) is 2.55. The van der Waals surface area contributed by atoms with Crippen molar-refractivity contribution in [3.05, 3.63) is 0 Å². The van der Waals surface area contributed by atoms with Crippen LogP contribution in [0.15, 0.2) is 5.16 Å². The van der Waals surface area contributed by atoms with Gasteiger partial charge in [0.1, 0.15) is 34.9 Å². The van der Waals surface area contributed by atoms with Crippen LogP contribution in [0.25, 0.3) is 0 Å². The van der Waals surface area contributed by atoms with Crippen molar-refractivity contribution in [3.63, 3.8) is 0 Å². The zero-order chi connectivity index (χ0) is 19.9. The fraction of sp³-hybridized carbons (Fsp3) is 0.917. The topological polar surface area (TPSA) is 183 Å². The van der Waals surface area contributed by atoms with E-state index in [9.17, 15) is 27.9 Å². The molecule has 1 saturated heterocycles. The molecule has 1 heterocycles. The maximum Gasteiger partial charge on any atom is 1.00 e. The molecule has 1 rings (SSSR count). The molecule has 0 spiro atoms. The van der Waals surface area contributed by atoms with Crippen molar-refractivity contribution in [1.29, 1.82) is 0 Å². The summed E-state index contributed by atoms with van der Waals surface area (Å²) in [6.07, 6.45) is -3.09. The summed E-state index contributed by atoms with van der Waals surface area (Å²) in [6.45, 7) is -0.613. The van der Waals surface area contributed by atoms with Gasteiger partial charge in [0.2, 0.25) is 0 Å². The summed E-state index contributed by atoms with van der Waals surface area (Å²) in [5.41, 5.74) is -1.17. The third-order valence-electron chi connectivity index (χ3n) is 3.41. The van der Waals surface area contributed by atoms with Crippen LogP contribution >= 0.6 is 11.8 Å². The number of nitrogens with zero attached hydrogens (tertiary/aromatic N) is 1. The van der Waals surface area contributed by atoms with Gasteiger partial charge in [0.25, 0.3) is 0 Å². The summed E-state index contributed by atoms with van der Waals surface area (Å²) in [4.78, 5) is 0. The van der Waals surface area contributed by atoms with Crippen molar-refractivity contribution in [3.8, 4) is 0 Å². The number of aliphatic hydroxyl groups excluding tert-OH is 4. The molecule has 0 aliphatic carbocycles. The standard InChI is InChI=1S/C12H23NO10S3.K/c1-25(18)5-3-2-4-8(13-23-26(19,20)21)24-12-11(17)10(16)9(15)7(6-14)22-12;/h7,9-12,14-17H,2-6H2,1H3,(H,19,20,21);/q;+1/b13-8+;/t7-,9-,10+,11-,12+,25?;/m1./s1. The van der Waals surface area contributed by atoms with Crippen LogP contribution in [0.5, 0.6) is 0 Å². The van der Waals surface area contributed by atoms with E-state index in [-0.39, 0.29) is 62.8 Å². The Morgan fingerprint density at radius 2 is 1.85 bits per heavy atom. The molecule has 5 N–H and O–H groups in total. The van der Waals surface area contributed by atoms with Gasteiger partial charge in [0.05, 0.1) is 6.61 Å². The Labute approximate surface area is 206 Å². The predicted octanol–water partition coefficient (Wildman–Crippen LogP) is -4.79. The first kappa shape index (κ1) is 28.3. The summed E-state index contributed by atoms with van der Waals surface area (Å²) in [5.74, 6) is 0.428. The molecule has 0 saturated carbocycles. The van der Waals surface area contributed by atoms with Crippen molar-refractivity contribution in [1.82, 2.24) is 0 Å². The number of hydrogen-bond donors (Lipinski definition) is 5. The van der Waals surface area contributed by atoms with E-state index in [0.717, 1.165) is 11.8 Å². The molecule has 1 fully saturated rings. The van der Waals surface area contributed by atoms with Crippen LogP contribution in [0, 0.1) is 0 Å². The van der Waals surface area contributed by atoms with Gasteiger partial charge in [-0.05, 0) is 19.3 Å². The minimum absolute atomic E-state index is 0. The number of rotatable bonds is 9. The van der Waals surface area contributed by atoms with Crippen molar-refractivity contribution >= 4 is 38.0 Å². The summed E-state index contributed by atoms with van der Waals surface area (Å²) < 4.78 is 50.4. The summed E-state index contributed by atoms with van der Waals surface area (Å²) >= 11 is 0.717. The Morgan fingerprint density at radius 1 is 1.22 bits per heavy atom. The summed E-state index contributed by atoms with van der Waals surface area (Å²) in [5, 5.41) is 42.0. The predicted molar refractivity (Wildman–Crippen MR) is 94.2 cm³/mol. The van der Waals surface area contributed by atoms with Gasteiger partial charge in [0.15, 0.2) is 0 Å². The van der Waals surface area contributed by atoms with Crippen LogP contribution in [0.4, 0.5) is 0 Å². The van der Waals surface area contributed by atoms with Gasteiger partial charge in [0, 0.05) is 22.8 Å². The average molecular weight is 477 g/mol. The number of aliphatic hydroxyl groups is 4. The van der Waals surface area contributed by atoms with Gasteiger partial charge in [-0.25, -0.2) is 4.28 Å². The van der Waals surface area contributed by atoms with Crippen LogP contribution in [-0.2, 0) is 30.2 Å². The Morgan fingerprint density at radius 3 is 2.37 bits per heavy atom. The van der Waals surface area contributed by atoms with Gasteiger partial charge in [-0.2, -0.15) is 8.42 Å². The normalized spacial score (nSPS) is 30.4. The van der Waals surface area contributed by atoms with E-state index in [0.29, 0.717) is 18.6 Å². The molecular formula is C12H23KNO10S3+. The molecule has 0 aromatic carbocycles. The molecule has 1 unspecified atom stereocenters. The SMILES string of the molecule is CS(=O)CCCC/C(=N\OS(=O)(=O)O)S[C@@H]1O[C@H](CO)[C@@H](O)[C@H](O)[C@H]1O.[K+]. The van der Waals surface area contributed by atoms with Gasteiger partial charge in [-0.3, -0.25) is 8.76 Å². The van der Waals surface area contributed by atoms with Gasteiger partial charge >= 0.3 is 61.8 Å². The van der Waals surface area contributed by atoms with Crippen molar-refractivity contribution in [2.24, 2.45) is 5.16 Å². The quantitative estimate of drug-likeness (QED) is 0.0537. The maximum atomic E-state index is 11.1. The largest absolute Gasteiger partial charge is 1.00 e. The summed E-state index contributed by atoms with van der Waals surface area (Å²) in [6, 6.07) is 0. The van der Waals surface area contributed by atoms with Gasteiger partial charge in [-0.1, -0.05) is 16.9 Å². The summed E-state index contributed by atoms with van der Waals surface area (Å²) in [7, 11) is -5.83. The first-order valence-corrected chi connectivity index (χ1v) is 11.5. The Bertz CT molecular complexity index is 602. The zero-order valence-corrected chi connectivity index (χ0v) is 20.4. The van der Waals surface area contributed by atoms with E-state index in [1.54, 1.807) is 6.26 Å². The Kier molecular flexibility index (Phi) is 14.2. The zero-order valence-electron chi connectivity index (χ0n) is 14.9. The molecule has 0 bridgehead atoms. The van der Waals surface area contributed by atoms with E-state index >= 15 is 0 Å². The fourth-order valence-corrected chi connectivity index (χ4v) is 4.05. The maximum absolute atomic E-state index is 11.1. The van der Waals surface area contributed by atoms with Crippen LogP contribution in [0.2, 0.25) is 0 Å². The third kappa shape index (κ3) is 10.8. The minimum Gasteiger partial charge on any atom is -0.394 e. The second-order valence-corrected chi connectivity index (χ2v) is 9.27.